The lowest BCUT2D eigenvalue weighted by molar-refractivity contribution is 0.210. The molecule has 0 saturated heterocycles. The molecule has 96 valence electrons. The lowest BCUT2D eigenvalue weighted by atomic mass is 10.1. The van der Waals surface area contributed by atoms with Crippen LogP contribution in [-0.2, 0) is 4.43 Å². The molecule has 0 heterocycles. The topological polar surface area (TPSA) is 9.23 Å². The number of aryl methyl sites for hydroxylation is 1. The Labute approximate surface area is 107 Å². The molecule has 0 amide bonds. The molecular weight excluding hydrogens is 224 g/mol. The van der Waals surface area contributed by atoms with E-state index in [4.69, 9.17) is 4.43 Å². The van der Waals surface area contributed by atoms with Crippen LogP contribution in [0, 0.1) is 6.92 Å². The van der Waals surface area contributed by atoms with E-state index in [0.29, 0.717) is 0 Å². The second-order valence-corrected chi connectivity index (χ2v) is 9.64. The summed E-state index contributed by atoms with van der Waals surface area (Å²) in [6.07, 6.45) is 0.238. The van der Waals surface area contributed by atoms with Gasteiger partial charge in [0.05, 0.1) is 6.10 Å². The molecule has 1 atom stereocenters. The Hall–Kier alpha value is -0.603. The molecule has 0 radical (unpaired) electrons. The quantitative estimate of drug-likeness (QED) is 0.640. The standard InChI is InChI=1S/C15H26OSi/c1-6-17(7-2,8-3)16-14(5)15-11-9-13(4)10-12-15/h9-12,14H,6-8H2,1-5H3. The molecule has 1 aromatic rings. The van der Waals surface area contributed by atoms with Crippen LogP contribution < -0.4 is 0 Å². The third-order valence-electron chi connectivity index (χ3n) is 3.91. The first-order valence-corrected chi connectivity index (χ1v) is 9.34. The lowest BCUT2D eigenvalue weighted by Crippen LogP contribution is -2.36. The minimum absolute atomic E-state index is 0.238. The van der Waals surface area contributed by atoms with E-state index < -0.39 is 8.32 Å². The summed E-state index contributed by atoms with van der Waals surface area (Å²) < 4.78 is 6.45. The average Bonchev–Trinajstić information content (AvgIpc) is 2.37. The Bertz CT molecular complexity index is 319. The van der Waals surface area contributed by atoms with Gasteiger partial charge in [-0.3, -0.25) is 0 Å². The van der Waals surface area contributed by atoms with Crippen LogP contribution in [0.25, 0.3) is 0 Å². The predicted octanol–water partition coefficient (Wildman–Crippen LogP) is 5.08. The van der Waals surface area contributed by atoms with Crippen LogP contribution >= 0.6 is 0 Å². The van der Waals surface area contributed by atoms with Crippen molar-refractivity contribution in [1.82, 2.24) is 0 Å². The molecular formula is C15H26OSi. The fourth-order valence-electron chi connectivity index (χ4n) is 2.28. The van der Waals surface area contributed by atoms with Gasteiger partial charge in [-0.1, -0.05) is 50.6 Å². The minimum atomic E-state index is -1.48. The highest BCUT2D eigenvalue weighted by molar-refractivity contribution is 6.73. The summed E-state index contributed by atoms with van der Waals surface area (Å²) in [5, 5.41) is 0. The summed E-state index contributed by atoms with van der Waals surface area (Å²) in [7, 11) is -1.48. The van der Waals surface area contributed by atoms with Gasteiger partial charge in [0, 0.05) is 0 Å². The second kappa shape index (κ2) is 6.36. The van der Waals surface area contributed by atoms with Gasteiger partial charge in [0.1, 0.15) is 0 Å². The van der Waals surface area contributed by atoms with E-state index in [1.54, 1.807) is 0 Å². The second-order valence-electron chi connectivity index (χ2n) is 4.91. The summed E-state index contributed by atoms with van der Waals surface area (Å²) in [5.74, 6) is 0. The van der Waals surface area contributed by atoms with Crippen molar-refractivity contribution in [3.05, 3.63) is 35.4 Å². The zero-order valence-corrected chi connectivity index (χ0v) is 12.9. The van der Waals surface area contributed by atoms with Crippen molar-refractivity contribution in [2.24, 2.45) is 0 Å². The monoisotopic (exact) mass is 250 g/mol. The highest BCUT2D eigenvalue weighted by Crippen LogP contribution is 2.29. The van der Waals surface area contributed by atoms with Crippen molar-refractivity contribution < 1.29 is 4.43 Å². The molecule has 1 rings (SSSR count). The number of rotatable bonds is 6. The highest BCUT2D eigenvalue weighted by Gasteiger charge is 2.30. The minimum Gasteiger partial charge on any atom is -0.410 e. The Kier molecular flexibility index (Phi) is 5.41. The fourth-order valence-corrected chi connectivity index (χ4v) is 5.17. The Morgan fingerprint density at radius 3 is 1.88 bits per heavy atom. The zero-order valence-electron chi connectivity index (χ0n) is 11.9. The maximum absolute atomic E-state index is 6.45. The fraction of sp³-hybridized carbons (Fsp3) is 0.600. The van der Waals surface area contributed by atoms with Crippen LogP contribution in [0.5, 0.6) is 0 Å². The molecule has 1 aromatic carbocycles. The maximum atomic E-state index is 6.45. The third kappa shape index (κ3) is 3.68. The van der Waals surface area contributed by atoms with Gasteiger partial charge in [-0.25, -0.2) is 0 Å². The van der Waals surface area contributed by atoms with E-state index in [2.05, 4.69) is 58.9 Å². The van der Waals surface area contributed by atoms with Crippen molar-refractivity contribution in [3.8, 4) is 0 Å². The summed E-state index contributed by atoms with van der Waals surface area (Å²) in [6, 6.07) is 12.4. The van der Waals surface area contributed by atoms with Crippen molar-refractivity contribution in [2.75, 3.05) is 0 Å². The Morgan fingerprint density at radius 1 is 1.00 bits per heavy atom. The van der Waals surface area contributed by atoms with Crippen LogP contribution in [0.4, 0.5) is 0 Å². The summed E-state index contributed by atoms with van der Waals surface area (Å²) in [5.41, 5.74) is 2.62. The first kappa shape index (κ1) is 14.5. The first-order chi connectivity index (χ1) is 8.06. The van der Waals surface area contributed by atoms with Crippen LogP contribution in [0.2, 0.25) is 18.1 Å². The van der Waals surface area contributed by atoms with E-state index in [0.717, 1.165) is 0 Å². The summed E-state index contributed by atoms with van der Waals surface area (Å²) in [6.45, 7) is 11.1. The van der Waals surface area contributed by atoms with Gasteiger partial charge < -0.3 is 4.43 Å². The van der Waals surface area contributed by atoms with Gasteiger partial charge in [0.25, 0.3) is 0 Å². The first-order valence-electron chi connectivity index (χ1n) is 6.81. The molecule has 17 heavy (non-hydrogen) atoms. The third-order valence-corrected chi connectivity index (χ3v) is 8.63. The van der Waals surface area contributed by atoms with Crippen LogP contribution in [0.1, 0.15) is 44.9 Å². The SMILES string of the molecule is CC[Si](CC)(CC)OC(C)c1ccc(C)cc1. The molecule has 0 spiro atoms. The molecule has 0 bridgehead atoms. The van der Waals surface area contributed by atoms with E-state index in [1.807, 2.05) is 0 Å². The van der Waals surface area contributed by atoms with Gasteiger partial charge in [-0.05, 0) is 37.5 Å². The van der Waals surface area contributed by atoms with Crippen molar-refractivity contribution in [3.63, 3.8) is 0 Å². The molecule has 0 aromatic heterocycles. The maximum Gasteiger partial charge on any atom is 0.192 e. The smallest absolute Gasteiger partial charge is 0.192 e. The van der Waals surface area contributed by atoms with Crippen LogP contribution in [0.3, 0.4) is 0 Å². The van der Waals surface area contributed by atoms with Crippen molar-refractivity contribution in [1.29, 1.82) is 0 Å². The largest absolute Gasteiger partial charge is 0.410 e. The average molecular weight is 250 g/mol. The van der Waals surface area contributed by atoms with Gasteiger partial charge in [-0.2, -0.15) is 0 Å². The molecule has 1 unspecified atom stereocenters. The zero-order chi connectivity index (χ0) is 12.9. The Morgan fingerprint density at radius 2 is 1.47 bits per heavy atom. The molecule has 0 aliphatic rings. The predicted molar refractivity (Wildman–Crippen MR) is 77.9 cm³/mol. The molecule has 2 heteroatoms. The van der Waals surface area contributed by atoms with Crippen molar-refractivity contribution in [2.45, 2.75) is 58.9 Å². The number of hydrogen-bond donors (Lipinski definition) is 0. The number of benzene rings is 1. The molecule has 0 saturated carbocycles. The molecule has 0 N–H and O–H groups in total. The van der Waals surface area contributed by atoms with E-state index in [9.17, 15) is 0 Å². The van der Waals surface area contributed by atoms with E-state index >= 15 is 0 Å². The molecule has 1 nitrogen and oxygen atoms in total. The van der Waals surface area contributed by atoms with Crippen molar-refractivity contribution >= 4 is 8.32 Å². The normalized spacial score (nSPS) is 13.7. The van der Waals surface area contributed by atoms with Gasteiger partial charge in [0.15, 0.2) is 8.32 Å². The molecule has 0 aliphatic heterocycles. The molecule has 0 fully saturated rings. The van der Waals surface area contributed by atoms with Crippen LogP contribution in [-0.4, -0.2) is 8.32 Å². The van der Waals surface area contributed by atoms with Gasteiger partial charge in [0.2, 0.25) is 0 Å². The summed E-state index contributed by atoms with van der Waals surface area (Å²) in [4.78, 5) is 0. The summed E-state index contributed by atoms with van der Waals surface area (Å²) >= 11 is 0. The lowest BCUT2D eigenvalue weighted by Gasteiger charge is -2.32. The molecule has 0 aliphatic carbocycles. The Balaban J connectivity index is 2.76. The van der Waals surface area contributed by atoms with Gasteiger partial charge >= 0.3 is 0 Å². The highest BCUT2D eigenvalue weighted by atomic mass is 28.4. The number of hydrogen-bond acceptors (Lipinski definition) is 1. The van der Waals surface area contributed by atoms with Crippen LogP contribution in [0.15, 0.2) is 24.3 Å². The van der Waals surface area contributed by atoms with E-state index in [-0.39, 0.29) is 6.10 Å². The van der Waals surface area contributed by atoms with E-state index in [1.165, 1.54) is 29.3 Å². The van der Waals surface area contributed by atoms with Gasteiger partial charge in [-0.15, -0.1) is 0 Å².